The molecule has 4 atom stereocenters. The number of amides is 3. The average Bonchev–Trinajstić information content (AvgIpc) is 3.53. The topological polar surface area (TPSA) is 133 Å². The first-order chi connectivity index (χ1) is 16.2. The summed E-state index contributed by atoms with van der Waals surface area (Å²) in [6.45, 7) is 6.64. The van der Waals surface area contributed by atoms with Gasteiger partial charge in [-0.25, -0.2) is 9.59 Å². The van der Waals surface area contributed by atoms with Crippen molar-refractivity contribution in [1.82, 2.24) is 15.1 Å². The molecular weight excluding hydrogens is 444 g/mol. The van der Waals surface area contributed by atoms with Crippen LogP contribution in [0.5, 0.6) is 11.5 Å². The number of carbonyl (C=O) groups excluding carboxylic acids is 3. The number of ether oxygens (including phenoxy) is 4. The summed E-state index contributed by atoms with van der Waals surface area (Å²) in [6, 6.07) is 2.33. The molecular formula is C23H32N4O7. The van der Waals surface area contributed by atoms with Crippen LogP contribution in [0.4, 0.5) is 9.59 Å². The van der Waals surface area contributed by atoms with Crippen molar-refractivity contribution in [3.63, 3.8) is 0 Å². The van der Waals surface area contributed by atoms with Crippen LogP contribution in [-0.2, 0) is 27.4 Å². The Hall–Kier alpha value is -3.21. The van der Waals surface area contributed by atoms with E-state index in [2.05, 4.69) is 10.1 Å². The molecule has 0 saturated carbocycles. The maximum atomic E-state index is 13.3. The predicted molar refractivity (Wildman–Crippen MR) is 120 cm³/mol. The van der Waals surface area contributed by atoms with Crippen LogP contribution in [0.1, 0.15) is 38.3 Å². The number of nitrogens with two attached hydrogens (primary N) is 1. The number of alkyl carbamates (subject to hydrolysis) is 1. The van der Waals surface area contributed by atoms with Gasteiger partial charge in [0.05, 0.1) is 26.2 Å². The van der Waals surface area contributed by atoms with Crippen molar-refractivity contribution >= 4 is 18.1 Å². The maximum Gasteiger partial charge on any atom is 0.410 e. The van der Waals surface area contributed by atoms with E-state index in [0.29, 0.717) is 31.0 Å². The molecule has 1 fully saturated rings. The number of nitrogens with one attached hydrogen (secondary N) is 1. The van der Waals surface area contributed by atoms with Crippen LogP contribution in [0.25, 0.3) is 0 Å². The zero-order valence-corrected chi connectivity index (χ0v) is 19.9. The van der Waals surface area contributed by atoms with Crippen LogP contribution in [-0.4, -0.2) is 72.6 Å². The van der Waals surface area contributed by atoms with Gasteiger partial charge in [-0.15, -0.1) is 0 Å². The van der Waals surface area contributed by atoms with Gasteiger partial charge >= 0.3 is 12.2 Å². The molecule has 1 saturated heterocycles. The summed E-state index contributed by atoms with van der Waals surface area (Å²) in [5.74, 6) is 0.916. The average molecular weight is 477 g/mol. The Balaban J connectivity index is 1.42. The summed E-state index contributed by atoms with van der Waals surface area (Å²) in [5, 5.41) is 2.60. The van der Waals surface area contributed by atoms with Crippen molar-refractivity contribution in [3.05, 3.63) is 23.3 Å². The molecule has 1 unspecified atom stereocenters. The normalized spacial score (nSPS) is 22.4. The Labute approximate surface area is 198 Å². The molecule has 11 nitrogen and oxygen atoms in total. The highest BCUT2D eigenvalue weighted by atomic mass is 16.7. The minimum absolute atomic E-state index is 0.169. The van der Waals surface area contributed by atoms with E-state index >= 15 is 0 Å². The van der Waals surface area contributed by atoms with Gasteiger partial charge in [0.25, 0.3) is 0 Å². The Bertz CT molecular complexity index is 967. The highest BCUT2D eigenvalue weighted by Crippen LogP contribution is 2.41. The SMILES string of the molecule is COC(=O)N[C@H](C(=O)N1C[C@@H](OC(=O)N2Cc3ccc4c(c3C2)OCO4)C[C@@H]1C(C)N)C(C)C. The fraction of sp³-hybridized carbons (Fsp3) is 0.609. The summed E-state index contributed by atoms with van der Waals surface area (Å²) in [4.78, 5) is 41.3. The van der Waals surface area contributed by atoms with Gasteiger partial charge in [0.15, 0.2) is 11.5 Å². The van der Waals surface area contributed by atoms with Crippen LogP contribution in [0.3, 0.4) is 0 Å². The number of rotatable bonds is 5. The van der Waals surface area contributed by atoms with Gasteiger partial charge in [-0.2, -0.15) is 0 Å². The second-order valence-electron chi connectivity index (χ2n) is 9.31. The molecule has 3 aliphatic rings. The van der Waals surface area contributed by atoms with Crippen molar-refractivity contribution in [3.8, 4) is 11.5 Å². The third-order valence-corrected chi connectivity index (χ3v) is 6.56. The molecule has 4 rings (SSSR count). The largest absolute Gasteiger partial charge is 0.454 e. The van der Waals surface area contributed by atoms with Crippen molar-refractivity contribution in [2.75, 3.05) is 20.4 Å². The lowest BCUT2D eigenvalue weighted by atomic mass is 10.0. The van der Waals surface area contributed by atoms with Crippen molar-refractivity contribution in [2.45, 2.75) is 64.5 Å². The zero-order valence-electron chi connectivity index (χ0n) is 19.9. The van der Waals surface area contributed by atoms with Crippen LogP contribution in [0.2, 0.25) is 0 Å². The van der Waals surface area contributed by atoms with Crippen LogP contribution in [0.15, 0.2) is 12.1 Å². The molecule has 0 bridgehead atoms. The van der Waals surface area contributed by atoms with Gasteiger partial charge < -0.3 is 34.9 Å². The lowest BCUT2D eigenvalue weighted by Crippen LogP contribution is -2.55. The molecule has 0 aliphatic carbocycles. The lowest BCUT2D eigenvalue weighted by Gasteiger charge is -2.32. The monoisotopic (exact) mass is 476 g/mol. The molecule has 0 aromatic heterocycles. The molecule has 0 radical (unpaired) electrons. The Morgan fingerprint density at radius 3 is 2.62 bits per heavy atom. The molecule has 3 N–H and O–H groups in total. The van der Waals surface area contributed by atoms with E-state index in [4.69, 9.17) is 19.9 Å². The molecule has 186 valence electrons. The number of benzene rings is 1. The van der Waals surface area contributed by atoms with Gasteiger partial charge in [0, 0.05) is 24.6 Å². The number of carbonyl (C=O) groups is 3. The molecule has 3 heterocycles. The molecule has 0 spiro atoms. The highest BCUT2D eigenvalue weighted by molar-refractivity contribution is 5.86. The molecule has 11 heteroatoms. The van der Waals surface area contributed by atoms with E-state index in [1.165, 1.54) is 7.11 Å². The minimum Gasteiger partial charge on any atom is -0.454 e. The van der Waals surface area contributed by atoms with Crippen LogP contribution >= 0.6 is 0 Å². The quantitative estimate of drug-likeness (QED) is 0.654. The van der Waals surface area contributed by atoms with Gasteiger partial charge in [0.2, 0.25) is 12.7 Å². The minimum atomic E-state index is -0.777. The van der Waals surface area contributed by atoms with E-state index in [9.17, 15) is 14.4 Å². The lowest BCUT2D eigenvalue weighted by molar-refractivity contribution is -0.135. The number of methoxy groups -OCH3 is 1. The summed E-state index contributed by atoms with van der Waals surface area (Å²) in [5.41, 5.74) is 8.09. The van der Waals surface area contributed by atoms with Gasteiger partial charge in [-0.1, -0.05) is 19.9 Å². The first-order valence-electron chi connectivity index (χ1n) is 11.5. The fourth-order valence-electron chi connectivity index (χ4n) is 4.73. The Morgan fingerprint density at radius 2 is 1.94 bits per heavy atom. The highest BCUT2D eigenvalue weighted by Gasteiger charge is 2.43. The zero-order chi connectivity index (χ0) is 24.6. The fourth-order valence-corrected chi connectivity index (χ4v) is 4.73. The second-order valence-corrected chi connectivity index (χ2v) is 9.31. The third-order valence-electron chi connectivity index (χ3n) is 6.56. The summed E-state index contributed by atoms with van der Waals surface area (Å²) in [7, 11) is 1.25. The molecule has 1 aromatic rings. The summed E-state index contributed by atoms with van der Waals surface area (Å²) >= 11 is 0. The van der Waals surface area contributed by atoms with Crippen LogP contribution in [0, 0.1) is 5.92 Å². The first-order valence-corrected chi connectivity index (χ1v) is 11.5. The number of fused-ring (bicyclic) bond motifs is 3. The third kappa shape index (κ3) is 4.56. The molecule has 3 aliphatic heterocycles. The van der Waals surface area contributed by atoms with E-state index in [-0.39, 0.29) is 37.2 Å². The van der Waals surface area contributed by atoms with E-state index in [1.807, 2.05) is 32.9 Å². The van der Waals surface area contributed by atoms with E-state index < -0.39 is 24.3 Å². The Morgan fingerprint density at radius 1 is 1.18 bits per heavy atom. The van der Waals surface area contributed by atoms with Crippen molar-refractivity contribution in [2.24, 2.45) is 11.7 Å². The molecule has 1 aromatic carbocycles. The van der Waals surface area contributed by atoms with Gasteiger partial charge in [-0.3, -0.25) is 9.69 Å². The number of nitrogens with zero attached hydrogens (tertiary/aromatic N) is 2. The van der Waals surface area contributed by atoms with Crippen molar-refractivity contribution < 1.29 is 33.3 Å². The summed E-state index contributed by atoms with van der Waals surface area (Å²) < 4.78 is 21.5. The first kappa shape index (κ1) is 23.9. The van der Waals surface area contributed by atoms with Gasteiger partial charge in [-0.05, 0) is 24.5 Å². The maximum absolute atomic E-state index is 13.3. The second kappa shape index (κ2) is 9.57. The van der Waals surface area contributed by atoms with E-state index in [0.717, 1.165) is 11.1 Å². The van der Waals surface area contributed by atoms with Crippen LogP contribution < -0.4 is 20.5 Å². The predicted octanol–water partition coefficient (Wildman–Crippen LogP) is 1.56. The van der Waals surface area contributed by atoms with Crippen molar-refractivity contribution in [1.29, 1.82) is 0 Å². The smallest absolute Gasteiger partial charge is 0.410 e. The molecule has 34 heavy (non-hydrogen) atoms. The number of hydrogen-bond donors (Lipinski definition) is 2. The van der Waals surface area contributed by atoms with E-state index in [1.54, 1.807) is 9.80 Å². The standard InChI is InChI=1S/C23H32N4O7/c1-12(2)19(25-22(29)31-4)21(28)27-9-15(7-17(27)13(3)24)34-23(30)26-8-14-5-6-18-20(16(14)10-26)33-11-32-18/h5-6,12-13,15,17,19H,7-11,24H2,1-4H3,(H,25,29)/t13?,15-,17+,19-/m0/s1. The molecule has 3 amide bonds. The Kier molecular flexibility index (Phi) is 6.74. The van der Waals surface area contributed by atoms with Gasteiger partial charge in [0.1, 0.15) is 12.1 Å². The number of hydrogen-bond acceptors (Lipinski definition) is 8. The summed E-state index contributed by atoms with van der Waals surface area (Å²) in [6.07, 6.45) is -1.22. The number of likely N-dealkylation sites (tertiary alicyclic amines) is 1.